The van der Waals surface area contributed by atoms with Crippen molar-refractivity contribution in [2.24, 2.45) is 0 Å². The third-order valence-electron chi connectivity index (χ3n) is 3.21. The molecule has 0 radical (unpaired) electrons. The van der Waals surface area contributed by atoms with Crippen molar-refractivity contribution in [2.45, 2.75) is 20.3 Å². The fraction of sp³-hybridized carbons (Fsp3) is 0.167. The normalized spacial score (nSPS) is 10.6. The van der Waals surface area contributed by atoms with Gasteiger partial charge in [0, 0.05) is 11.9 Å². The Morgan fingerprint density at radius 1 is 1.10 bits per heavy atom. The quantitative estimate of drug-likeness (QED) is 0.859. The summed E-state index contributed by atoms with van der Waals surface area (Å²) in [7, 11) is 0. The van der Waals surface area contributed by atoms with Crippen LogP contribution in [0.1, 0.15) is 23.6 Å². The Labute approximate surface area is 125 Å². The zero-order valence-electron chi connectivity index (χ0n) is 12.4. The molecule has 2 aromatic rings. The summed E-state index contributed by atoms with van der Waals surface area (Å²) >= 11 is 0. The molecule has 0 bridgehead atoms. The zero-order valence-corrected chi connectivity index (χ0v) is 12.4. The van der Waals surface area contributed by atoms with E-state index in [1.807, 2.05) is 61.5 Å². The number of amides is 2. The fourth-order valence-electron chi connectivity index (χ4n) is 2.00. The molecule has 0 aliphatic heterocycles. The number of para-hydroxylation sites is 1. The lowest BCUT2D eigenvalue weighted by Crippen LogP contribution is -2.24. The van der Waals surface area contributed by atoms with Gasteiger partial charge >= 0.3 is 6.03 Å². The van der Waals surface area contributed by atoms with Crippen LogP contribution in [-0.2, 0) is 6.42 Å². The largest absolute Gasteiger partial charge is 0.323 e. The van der Waals surface area contributed by atoms with Crippen molar-refractivity contribution in [3.05, 3.63) is 71.4 Å². The van der Waals surface area contributed by atoms with E-state index < -0.39 is 0 Å². The van der Waals surface area contributed by atoms with Crippen LogP contribution in [-0.4, -0.2) is 6.03 Å². The minimum atomic E-state index is -0.237. The molecule has 0 spiro atoms. The predicted molar refractivity (Wildman–Crippen MR) is 88.2 cm³/mol. The predicted octanol–water partition coefficient (Wildman–Crippen LogP) is 4.35. The lowest BCUT2D eigenvalue weighted by Gasteiger charge is -2.08. The molecule has 2 rings (SSSR count). The Kier molecular flexibility index (Phi) is 5.16. The summed E-state index contributed by atoms with van der Waals surface area (Å²) < 4.78 is 0. The van der Waals surface area contributed by atoms with Crippen LogP contribution >= 0.6 is 0 Å². The molecule has 0 saturated carbocycles. The molecule has 0 unspecified atom stereocenters. The lowest BCUT2D eigenvalue weighted by molar-refractivity contribution is 0.255. The highest BCUT2D eigenvalue weighted by Gasteiger charge is 2.02. The summed E-state index contributed by atoms with van der Waals surface area (Å²) in [5.41, 5.74) is 4.24. The van der Waals surface area contributed by atoms with Gasteiger partial charge in [-0.05, 0) is 36.6 Å². The van der Waals surface area contributed by atoms with E-state index in [0.717, 1.165) is 23.2 Å². The van der Waals surface area contributed by atoms with Crippen molar-refractivity contribution in [1.82, 2.24) is 5.32 Å². The average molecular weight is 280 g/mol. The maximum Gasteiger partial charge on any atom is 0.323 e. The van der Waals surface area contributed by atoms with E-state index in [-0.39, 0.29) is 6.03 Å². The van der Waals surface area contributed by atoms with Gasteiger partial charge in [-0.3, -0.25) is 0 Å². The molecule has 21 heavy (non-hydrogen) atoms. The highest BCUT2D eigenvalue weighted by atomic mass is 16.2. The van der Waals surface area contributed by atoms with Gasteiger partial charge < -0.3 is 10.6 Å². The van der Waals surface area contributed by atoms with Crippen LogP contribution in [0.3, 0.4) is 0 Å². The van der Waals surface area contributed by atoms with Gasteiger partial charge in [0.25, 0.3) is 0 Å². The van der Waals surface area contributed by atoms with Gasteiger partial charge in [0.15, 0.2) is 0 Å². The maximum atomic E-state index is 11.9. The van der Waals surface area contributed by atoms with Crippen LogP contribution < -0.4 is 10.6 Å². The van der Waals surface area contributed by atoms with Crippen molar-refractivity contribution in [1.29, 1.82) is 0 Å². The number of benzene rings is 2. The molecule has 0 atom stereocenters. The molecule has 2 N–H and O–H groups in total. The lowest BCUT2D eigenvalue weighted by atomic mass is 10.1. The number of nitrogens with one attached hydrogen (secondary N) is 2. The number of hydrogen-bond acceptors (Lipinski definition) is 1. The summed E-state index contributed by atoms with van der Waals surface area (Å²) in [6.45, 7) is 4.11. The van der Waals surface area contributed by atoms with E-state index in [1.54, 1.807) is 6.20 Å². The van der Waals surface area contributed by atoms with E-state index in [2.05, 4.69) is 17.6 Å². The third kappa shape index (κ3) is 4.49. The Morgan fingerprint density at radius 3 is 2.52 bits per heavy atom. The summed E-state index contributed by atoms with van der Waals surface area (Å²) in [6, 6.07) is 15.7. The molecule has 0 aromatic heterocycles. The van der Waals surface area contributed by atoms with Crippen LogP contribution in [0.2, 0.25) is 0 Å². The van der Waals surface area contributed by atoms with Crippen molar-refractivity contribution in [3.63, 3.8) is 0 Å². The Hall–Kier alpha value is -2.55. The number of hydrogen-bond donors (Lipinski definition) is 2. The van der Waals surface area contributed by atoms with Crippen molar-refractivity contribution in [3.8, 4) is 0 Å². The van der Waals surface area contributed by atoms with E-state index in [4.69, 9.17) is 0 Å². The van der Waals surface area contributed by atoms with Crippen molar-refractivity contribution < 1.29 is 4.79 Å². The second kappa shape index (κ2) is 7.29. The molecule has 0 heterocycles. The number of urea groups is 1. The minimum Gasteiger partial charge on any atom is -0.314 e. The van der Waals surface area contributed by atoms with Gasteiger partial charge in [-0.15, -0.1) is 0 Å². The first-order valence-electron chi connectivity index (χ1n) is 7.07. The molecule has 0 fully saturated rings. The van der Waals surface area contributed by atoms with E-state index >= 15 is 0 Å². The maximum absolute atomic E-state index is 11.9. The number of aryl methyl sites for hydroxylation is 2. The number of rotatable bonds is 4. The SMILES string of the molecule is CCc1ccccc1NC(=O)N/C=C/c1ccc(C)cc1. The van der Waals surface area contributed by atoms with E-state index in [0.29, 0.717) is 0 Å². The van der Waals surface area contributed by atoms with Crippen LogP contribution in [0.25, 0.3) is 6.08 Å². The first-order chi connectivity index (χ1) is 10.2. The van der Waals surface area contributed by atoms with Gasteiger partial charge in [0.1, 0.15) is 0 Å². The zero-order chi connectivity index (χ0) is 15.1. The third-order valence-corrected chi connectivity index (χ3v) is 3.21. The highest BCUT2D eigenvalue weighted by molar-refractivity contribution is 5.91. The van der Waals surface area contributed by atoms with Gasteiger partial charge in [-0.25, -0.2) is 4.79 Å². The van der Waals surface area contributed by atoms with Crippen LogP contribution in [0, 0.1) is 6.92 Å². The van der Waals surface area contributed by atoms with Crippen LogP contribution in [0.5, 0.6) is 0 Å². The monoisotopic (exact) mass is 280 g/mol. The minimum absolute atomic E-state index is 0.237. The molecule has 0 aliphatic carbocycles. The topological polar surface area (TPSA) is 41.1 Å². The van der Waals surface area contributed by atoms with Crippen LogP contribution in [0.4, 0.5) is 10.5 Å². The molecular formula is C18H20N2O. The summed E-state index contributed by atoms with van der Waals surface area (Å²) in [6.07, 6.45) is 4.40. The Balaban J connectivity index is 1.91. The highest BCUT2D eigenvalue weighted by Crippen LogP contribution is 2.15. The van der Waals surface area contributed by atoms with E-state index in [1.165, 1.54) is 5.56 Å². The van der Waals surface area contributed by atoms with Gasteiger partial charge in [-0.1, -0.05) is 55.0 Å². The fourth-order valence-corrected chi connectivity index (χ4v) is 2.00. The standard InChI is InChI=1S/C18H20N2O/c1-3-16-6-4-5-7-17(16)20-18(21)19-13-12-15-10-8-14(2)9-11-15/h4-13H,3H2,1-2H3,(H2,19,20,21)/b13-12+. The van der Waals surface area contributed by atoms with Gasteiger partial charge in [0.05, 0.1) is 0 Å². The summed E-state index contributed by atoms with van der Waals surface area (Å²) in [4.78, 5) is 11.9. The molecule has 0 saturated heterocycles. The molecule has 2 aromatic carbocycles. The number of anilines is 1. The smallest absolute Gasteiger partial charge is 0.314 e. The van der Waals surface area contributed by atoms with Crippen molar-refractivity contribution in [2.75, 3.05) is 5.32 Å². The number of carbonyl (C=O) groups is 1. The molecule has 3 nitrogen and oxygen atoms in total. The van der Waals surface area contributed by atoms with Crippen molar-refractivity contribution >= 4 is 17.8 Å². The van der Waals surface area contributed by atoms with Gasteiger partial charge in [0.2, 0.25) is 0 Å². The first kappa shape index (κ1) is 14.9. The second-order valence-corrected chi connectivity index (χ2v) is 4.85. The molecule has 3 heteroatoms. The summed E-state index contributed by atoms with van der Waals surface area (Å²) in [5.74, 6) is 0. The Morgan fingerprint density at radius 2 is 1.81 bits per heavy atom. The first-order valence-corrected chi connectivity index (χ1v) is 7.07. The molecule has 108 valence electrons. The van der Waals surface area contributed by atoms with Crippen LogP contribution in [0.15, 0.2) is 54.7 Å². The number of carbonyl (C=O) groups excluding carboxylic acids is 1. The van der Waals surface area contributed by atoms with E-state index in [9.17, 15) is 4.79 Å². The summed E-state index contributed by atoms with van der Waals surface area (Å²) in [5, 5.41) is 5.57. The Bertz CT molecular complexity index is 630. The second-order valence-electron chi connectivity index (χ2n) is 4.85. The average Bonchev–Trinajstić information content (AvgIpc) is 2.50. The molecule has 2 amide bonds. The molecule has 0 aliphatic rings. The van der Waals surface area contributed by atoms with Gasteiger partial charge in [-0.2, -0.15) is 0 Å². The molecular weight excluding hydrogens is 260 g/mol.